The van der Waals surface area contributed by atoms with E-state index in [-0.39, 0.29) is 30.4 Å². The van der Waals surface area contributed by atoms with Gasteiger partial charge >= 0.3 is 5.97 Å². The summed E-state index contributed by atoms with van der Waals surface area (Å²) in [7, 11) is 0. The fraction of sp³-hybridized carbons (Fsp3) is 0.364. The van der Waals surface area contributed by atoms with Crippen molar-refractivity contribution in [1.82, 2.24) is 14.5 Å². The predicted octanol–water partition coefficient (Wildman–Crippen LogP) is 2.43. The molecule has 8 nitrogen and oxygen atoms in total. The van der Waals surface area contributed by atoms with Crippen LogP contribution < -0.4 is 10.5 Å². The molecule has 0 spiro atoms. The largest absolute Gasteiger partial charge is 0.462 e. The van der Waals surface area contributed by atoms with Gasteiger partial charge in [-0.1, -0.05) is 0 Å². The Balaban J connectivity index is 1.46. The van der Waals surface area contributed by atoms with E-state index in [1.165, 1.54) is 23.0 Å². The minimum Gasteiger partial charge on any atom is -0.462 e. The average Bonchev–Trinajstić information content (AvgIpc) is 3.13. The zero-order valence-electron chi connectivity index (χ0n) is 17.8. The van der Waals surface area contributed by atoms with Crippen LogP contribution in [0, 0.1) is 12.7 Å². The van der Waals surface area contributed by atoms with Gasteiger partial charge in [-0.05, 0) is 43.7 Å². The SMILES string of the molecule is CCOC(=O)c1sc2ncn(CC(=O)N3CCN(c4ccc(F)cc4)CC3)c(=O)c2c1C. The van der Waals surface area contributed by atoms with Crippen LogP contribution in [-0.2, 0) is 16.1 Å². The van der Waals surface area contributed by atoms with Crippen molar-refractivity contribution in [2.45, 2.75) is 20.4 Å². The van der Waals surface area contributed by atoms with Crippen molar-refractivity contribution >= 4 is 39.1 Å². The van der Waals surface area contributed by atoms with Crippen molar-refractivity contribution in [2.75, 3.05) is 37.7 Å². The first-order valence-corrected chi connectivity index (χ1v) is 11.1. The van der Waals surface area contributed by atoms with E-state index in [2.05, 4.69) is 9.88 Å². The fourth-order valence-electron chi connectivity index (χ4n) is 3.77. The van der Waals surface area contributed by atoms with Crippen LogP contribution in [0.1, 0.15) is 22.2 Å². The highest BCUT2D eigenvalue weighted by molar-refractivity contribution is 7.20. The van der Waals surface area contributed by atoms with Crippen LogP contribution in [0.2, 0.25) is 0 Å². The minimum absolute atomic E-state index is 0.123. The third-order valence-corrected chi connectivity index (χ3v) is 6.69. The number of carbonyl (C=O) groups is 2. The average molecular weight is 459 g/mol. The molecule has 1 amide bonds. The molecule has 0 N–H and O–H groups in total. The first-order chi connectivity index (χ1) is 15.4. The molecule has 1 fully saturated rings. The summed E-state index contributed by atoms with van der Waals surface area (Å²) >= 11 is 1.12. The summed E-state index contributed by atoms with van der Waals surface area (Å²) in [5, 5.41) is 0.342. The summed E-state index contributed by atoms with van der Waals surface area (Å²) in [6.45, 7) is 5.78. The summed E-state index contributed by atoms with van der Waals surface area (Å²) in [6.07, 6.45) is 1.35. The first kappa shape index (κ1) is 21.9. The van der Waals surface area contributed by atoms with Crippen LogP contribution in [-0.4, -0.2) is 59.1 Å². The van der Waals surface area contributed by atoms with E-state index < -0.39 is 5.97 Å². The Morgan fingerprint density at radius 1 is 1.16 bits per heavy atom. The number of esters is 1. The normalized spacial score (nSPS) is 14.1. The number of ether oxygens (including phenoxy) is 1. The van der Waals surface area contributed by atoms with Crippen LogP contribution >= 0.6 is 11.3 Å². The molecule has 0 bridgehead atoms. The van der Waals surface area contributed by atoms with Gasteiger partial charge in [0.15, 0.2) is 0 Å². The van der Waals surface area contributed by atoms with Crippen LogP contribution in [0.15, 0.2) is 35.4 Å². The highest BCUT2D eigenvalue weighted by Gasteiger charge is 2.24. The number of hydrogen-bond acceptors (Lipinski definition) is 7. The first-order valence-electron chi connectivity index (χ1n) is 10.3. The van der Waals surface area contributed by atoms with Gasteiger partial charge in [0, 0.05) is 31.9 Å². The number of nitrogens with zero attached hydrogens (tertiary/aromatic N) is 4. The van der Waals surface area contributed by atoms with E-state index >= 15 is 0 Å². The molecule has 1 aliphatic rings. The number of carbonyl (C=O) groups excluding carboxylic acids is 2. The van der Waals surface area contributed by atoms with Gasteiger partial charge in [-0.2, -0.15) is 0 Å². The summed E-state index contributed by atoms with van der Waals surface area (Å²) in [5.74, 6) is -0.937. The molecule has 4 rings (SSSR count). The van der Waals surface area contributed by atoms with Gasteiger partial charge in [-0.25, -0.2) is 14.2 Å². The Bertz CT molecular complexity index is 1210. The van der Waals surface area contributed by atoms with E-state index in [0.29, 0.717) is 46.8 Å². The molecule has 0 radical (unpaired) electrons. The third-order valence-electron chi connectivity index (χ3n) is 5.51. The molecule has 3 aromatic rings. The Hall–Kier alpha value is -3.27. The van der Waals surface area contributed by atoms with Gasteiger partial charge in [0.25, 0.3) is 5.56 Å². The lowest BCUT2D eigenvalue weighted by Crippen LogP contribution is -2.50. The van der Waals surface area contributed by atoms with Crippen molar-refractivity contribution in [2.24, 2.45) is 0 Å². The number of aryl methyl sites for hydroxylation is 1. The monoisotopic (exact) mass is 458 g/mol. The van der Waals surface area contributed by atoms with E-state index in [4.69, 9.17) is 4.74 Å². The smallest absolute Gasteiger partial charge is 0.348 e. The minimum atomic E-state index is -0.478. The third kappa shape index (κ3) is 4.22. The van der Waals surface area contributed by atoms with Gasteiger partial charge < -0.3 is 14.5 Å². The van der Waals surface area contributed by atoms with Gasteiger partial charge in [-0.3, -0.25) is 14.2 Å². The Kier molecular flexibility index (Phi) is 6.22. The van der Waals surface area contributed by atoms with E-state index in [9.17, 15) is 18.8 Å². The lowest BCUT2D eigenvalue weighted by molar-refractivity contribution is -0.132. The molecule has 3 heterocycles. The maximum absolute atomic E-state index is 13.1. The maximum atomic E-state index is 13.1. The molecule has 0 unspecified atom stereocenters. The van der Waals surface area contributed by atoms with Gasteiger partial charge in [0.2, 0.25) is 5.91 Å². The van der Waals surface area contributed by atoms with Crippen molar-refractivity contribution in [3.05, 3.63) is 57.2 Å². The molecule has 0 saturated carbocycles. The van der Waals surface area contributed by atoms with E-state index in [1.807, 2.05) is 0 Å². The summed E-state index contributed by atoms with van der Waals surface area (Å²) in [6, 6.07) is 6.28. The number of thiophene rings is 1. The van der Waals surface area contributed by atoms with Crippen molar-refractivity contribution < 1.29 is 18.7 Å². The summed E-state index contributed by atoms with van der Waals surface area (Å²) in [5.41, 5.74) is 1.09. The quantitative estimate of drug-likeness (QED) is 0.546. The predicted molar refractivity (Wildman–Crippen MR) is 120 cm³/mol. The Morgan fingerprint density at radius 3 is 2.50 bits per heavy atom. The molecule has 32 heavy (non-hydrogen) atoms. The topological polar surface area (TPSA) is 84.7 Å². The molecule has 1 aromatic carbocycles. The number of aromatic nitrogens is 2. The molecule has 1 aliphatic heterocycles. The highest BCUT2D eigenvalue weighted by Crippen LogP contribution is 2.27. The maximum Gasteiger partial charge on any atom is 0.348 e. The molecule has 168 valence electrons. The van der Waals surface area contributed by atoms with Crippen molar-refractivity contribution in [3.8, 4) is 0 Å². The van der Waals surface area contributed by atoms with E-state index in [1.54, 1.807) is 30.9 Å². The second-order valence-electron chi connectivity index (χ2n) is 7.48. The second-order valence-corrected chi connectivity index (χ2v) is 8.48. The second kappa shape index (κ2) is 9.07. The fourth-order valence-corrected chi connectivity index (χ4v) is 4.81. The van der Waals surface area contributed by atoms with Gasteiger partial charge in [0.1, 0.15) is 22.1 Å². The molecule has 0 atom stereocenters. The number of piperazine rings is 1. The molecule has 10 heteroatoms. The van der Waals surface area contributed by atoms with Crippen LogP contribution in [0.5, 0.6) is 0 Å². The Morgan fingerprint density at radius 2 is 1.84 bits per heavy atom. The molecular formula is C22H23FN4O4S. The highest BCUT2D eigenvalue weighted by atomic mass is 32.1. The number of rotatable bonds is 5. The molecule has 1 saturated heterocycles. The summed E-state index contributed by atoms with van der Waals surface area (Å²) in [4.78, 5) is 46.8. The van der Waals surface area contributed by atoms with E-state index in [0.717, 1.165) is 17.0 Å². The van der Waals surface area contributed by atoms with Crippen molar-refractivity contribution in [1.29, 1.82) is 0 Å². The zero-order chi connectivity index (χ0) is 22.8. The molecule has 0 aliphatic carbocycles. The number of fused-ring (bicyclic) bond motifs is 1. The number of hydrogen-bond donors (Lipinski definition) is 0. The van der Waals surface area contributed by atoms with Crippen LogP contribution in [0.25, 0.3) is 10.2 Å². The number of amides is 1. The van der Waals surface area contributed by atoms with Crippen molar-refractivity contribution in [3.63, 3.8) is 0 Å². The lowest BCUT2D eigenvalue weighted by atomic mass is 10.2. The Labute approximate surface area is 187 Å². The summed E-state index contributed by atoms with van der Waals surface area (Å²) < 4.78 is 19.5. The number of halogens is 1. The van der Waals surface area contributed by atoms with Crippen LogP contribution in [0.4, 0.5) is 10.1 Å². The number of anilines is 1. The van der Waals surface area contributed by atoms with Gasteiger partial charge in [0.05, 0.1) is 18.3 Å². The lowest BCUT2D eigenvalue weighted by Gasteiger charge is -2.36. The zero-order valence-corrected chi connectivity index (χ0v) is 18.7. The van der Waals surface area contributed by atoms with Crippen LogP contribution in [0.3, 0.4) is 0 Å². The number of benzene rings is 1. The molecule has 2 aromatic heterocycles. The molecular weight excluding hydrogens is 435 g/mol. The standard InChI is InChI=1S/C22H23FN4O4S/c1-3-31-22(30)19-14(2)18-20(32-19)24-13-27(21(18)29)12-17(28)26-10-8-25(9-11-26)16-6-4-15(23)5-7-16/h4-7,13H,3,8-12H2,1-2H3. The van der Waals surface area contributed by atoms with Gasteiger partial charge in [-0.15, -0.1) is 11.3 Å².